The van der Waals surface area contributed by atoms with Gasteiger partial charge in [-0.1, -0.05) is 183 Å². The molecule has 2 nitrogen and oxygen atoms in total. The minimum Gasteiger partial charge on any atom is -0.227 e. The predicted octanol–water partition coefficient (Wildman–Crippen LogP) is 12.5. The molecule has 2 heterocycles. The van der Waals surface area contributed by atoms with Crippen LogP contribution in [0.15, 0.2) is 204 Å². The van der Waals surface area contributed by atoms with E-state index in [1.165, 1.54) is 0 Å². The molecule has 50 heavy (non-hydrogen) atoms. The van der Waals surface area contributed by atoms with Crippen LogP contribution < -0.4 is 0 Å². The van der Waals surface area contributed by atoms with Gasteiger partial charge >= 0.3 is 0 Å². The summed E-state index contributed by atoms with van der Waals surface area (Å²) in [5.74, 6) is 0.660. The Morgan fingerprint density at radius 3 is 1.54 bits per heavy atom. The minimum absolute atomic E-state index is 0.660. The highest BCUT2D eigenvalue weighted by Crippen LogP contribution is 2.46. The van der Waals surface area contributed by atoms with Crippen molar-refractivity contribution in [3.05, 3.63) is 216 Å². The molecule has 0 N–H and O–H groups in total. The van der Waals surface area contributed by atoms with Crippen molar-refractivity contribution < 1.29 is 0 Å². The molecule has 8 rings (SSSR count). The van der Waals surface area contributed by atoms with E-state index in [1.807, 2.05) is 0 Å². The van der Waals surface area contributed by atoms with Gasteiger partial charge in [0.2, 0.25) is 0 Å². The molecule has 2 aliphatic rings. The van der Waals surface area contributed by atoms with Crippen LogP contribution in [-0.2, 0) is 0 Å². The van der Waals surface area contributed by atoms with Crippen molar-refractivity contribution in [1.29, 1.82) is 0 Å². The smallest absolute Gasteiger partial charge is 0.161 e. The summed E-state index contributed by atoms with van der Waals surface area (Å²) in [6.07, 6.45) is 13.2. The van der Waals surface area contributed by atoms with E-state index in [1.54, 1.807) is 0 Å². The van der Waals surface area contributed by atoms with Gasteiger partial charge in [-0.05, 0) is 52.3 Å². The second-order valence-corrected chi connectivity index (χ2v) is 12.5. The van der Waals surface area contributed by atoms with Gasteiger partial charge in [-0.3, -0.25) is 0 Å². The van der Waals surface area contributed by atoms with Gasteiger partial charge < -0.3 is 0 Å². The Morgan fingerprint density at radius 1 is 0.460 bits per heavy atom. The number of hydrogen-bond acceptors (Lipinski definition) is 2. The topological polar surface area (TPSA) is 25.2 Å². The lowest BCUT2D eigenvalue weighted by atomic mass is 9.83. The summed E-state index contributed by atoms with van der Waals surface area (Å²) in [4.78, 5) is 11.2. The number of aliphatic imine (C=N–C) groups is 1. The summed E-state index contributed by atoms with van der Waals surface area (Å²) < 4.78 is 0. The van der Waals surface area contributed by atoms with Crippen molar-refractivity contribution in [2.45, 2.75) is 12.8 Å². The first kappa shape index (κ1) is 30.9. The van der Waals surface area contributed by atoms with Gasteiger partial charge in [0.15, 0.2) is 5.82 Å². The van der Waals surface area contributed by atoms with E-state index in [9.17, 15) is 0 Å². The standard InChI is InChI=1S/C48H36N2/c1-34-32-33-41-43(36-22-10-3-11-23-36)45(38-26-14-5-15-27-38)47(40-30-18-7-19-31-40)50-48(41)49-46(39-28-16-6-17-29-39)44(37-24-12-4-13-25-37)42(34)35-20-8-2-9-21-35/h3-8,10-33H,1-2,9H2/b33-32-,44-42?,49-46?. The molecule has 0 fully saturated rings. The number of fused-ring (bicyclic) bond motifs is 1. The first-order valence-corrected chi connectivity index (χ1v) is 17.2. The average molecular weight is 641 g/mol. The first-order valence-electron chi connectivity index (χ1n) is 17.2. The molecule has 238 valence electrons. The number of allylic oxidation sites excluding steroid dienone is 8. The van der Waals surface area contributed by atoms with Gasteiger partial charge in [0.1, 0.15) is 0 Å². The van der Waals surface area contributed by atoms with Crippen LogP contribution >= 0.6 is 0 Å². The summed E-state index contributed by atoms with van der Waals surface area (Å²) in [5.41, 5.74) is 14.4. The number of rotatable bonds is 6. The number of pyridine rings is 1. The van der Waals surface area contributed by atoms with Crippen molar-refractivity contribution in [2.75, 3.05) is 0 Å². The van der Waals surface area contributed by atoms with Gasteiger partial charge in [0, 0.05) is 33.4 Å². The number of benzene rings is 5. The van der Waals surface area contributed by atoms with Crippen LogP contribution in [0.5, 0.6) is 0 Å². The Hall–Kier alpha value is -6.38. The fourth-order valence-electron chi connectivity index (χ4n) is 6.95. The molecule has 6 aromatic rings. The summed E-state index contributed by atoms with van der Waals surface area (Å²) in [7, 11) is 0. The van der Waals surface area contributed by atoms with Crippen molar-refractivity contribution in [3.63, 3.8) is 0 Å². The fourth-order valence-corrected chi connectivity index (χ4v) is 6.95. The van der Waals surface area contributed by atoms with Crippen molar-refractivity contribution in [3.8, 4) is 33.5 Å². The van der Waals surface area contributed by atoms with E-state index in [0.29, 0.717) is 5.82 Å². The largest absolute Gasteiger partial charge is 0.227 e. The van der Waals surface area contributed by atoms with E-state index in [4.69, 9.17) is 16.6 Å². The molecule has 0 saturated carbocycles. The maximum atomic E-state index is 5.68. The zero-order valence-corrected chi connectivity index (χ0v) is 27.8. The van der Waals surface area contributed by atoms with E-state index < -0.39 is 0 Å². The number of nitrogens with zero attached hydrogens (tertiary/aromatic N) is 2. The lowest BCUT2D eigenvalue weighted by Gasteiger charge is -2.21. The molecule has 0 spiro atoms. The van der Waals surface area contributed by atoms with Crippen LogP contribution in [0.3, 0.4) is 0 Å². The third-order valence-electron chi connectivity index (χ3n) is 9.26. The van der Waals surface area contributed by atoms with Crippen molar-refractivity contribution in [1.82, 2.24) is 4.98 Å². The molecule has 1 aromatic heterocycles. The van der Waals surface area contributed by atoms with Crippen LogP contribution in [-0.4, -0.2) is 10.7 Å². The summed E-state index contributed by atoms with van der Waals surface area (Å²) in [6.45, 7) is 4.74. The van der Waals surface area contributed by atoms with E-state index in [-0.39, 0.29) is 0 Å². The Kier molecular flexibility index (Phi) is 8.66. The minimum atomic E-state index is 0.660. The predicted molar refractivity (Wildman–Crippen MR) is 211 cm³/mol. The van der Waals surface area contributed by atoms with E-state index >= 15 is 0 Å². The van der Waals surface area contributed by atoms with Crippen LogP contribution in [0.4, 0.5) is 5.82 Å². The van der Waals surface area contributed by atoms with E-state index in [0.717, 1.165) is 91.0 Å². The van der Waals surface area contributed by atoms with Crippen molar-refractivity contribution in [2.24, 2.45) is 4.99 Å². The molecule has 0 atom stereocenters. The lowest BCUT2D eigenvalue weighted by molar-refractivity contribution is 1.02. The molecule has 0 amide bonds. The summed E-state index contributed by atoms with van der Waals surface area (Å²) in [5, 5.41) is 0. The fraction of sp³-hybridized carbons (Fsp3) is 0.0417. The Bertz CT molecular complexity index is 2330. The third kappa shape index (κ3) is 6.04. The maximum absolute atomic E-state index is 5.68. The highest BCUT2D eigenvalue weighted by atomic mass is 14.9. The van der Waals surface area contributed by atoms with Gasteiger partial charge in [-0.25, -0.2) is 9.98 Å². The molecule has 2 heteroatoms. The van der Waals surface area contributed by atoms with Gasteiger partial charge in [-0.2, -0.15) is 0 Å². The quantitative estimate of drug-likeness (QED) is 0.178. The Morgan fingerprint density at radius 2 is 0.980 bits per heavy atom. The molecular weight excluding hydrogens is 605 g/mol. The van der Waals surface area contributed by atoms with Crippen LogP contribution in [0, 0.1) is 0 Å². The normalized spacial score (nSPS) is 14.9. The van der Waals surface area contributed by atoms with Crippen LogP contribution in [0.2, 0.25) is 0 Å². The van der Waals surface area contributed by atoms with E-state index in [2.05, 4.69) is 182 Å². The monoisotopic (exact) mass is 640 g/mol. The molecule has 5 aromatic carbocycles. The highest BCUT2D eigenvalue weighted by Gasteiger charge is 2.27. The highest BCUT2D eigenvalue weighted by molar-refractivity contribution is 6.34. The summed E-state index contributed by atoms with van der Waals surface area (Å²) >= 11 is 0. The SMILES string of the molecule is C=C1/C=C\c2c(nc(-c3ccccc3)c(-c3ccccc3)c2-c2ccccc2)N=C(c2ccccc2)C(c2ccccc2)=C1C1=CCCC=C1. The van der Waals surface area contributed by atoms with Gasteiger partial charge in [0.05, 0.1) is 11.4 Å². The Balaban J connectivity index is 1.55. The molecule has 0 saturated heterocycles. The van der Waals surface area contributed by atoms with Crippen molar-refractivity contribution >= 4 is 23.2 Å². The van der Waals surface area contributed by atoms with Crippen LogP contribution in [0.25, 0.3) is 45.2 Å². The van der Waals surface area contributed by atoms with Gasteiger partial charge in [0.25, 0.3) is 0 Å². The molecule has 0 radical (unpaired) electrons. The Labute approximate surface area is 294 Å². The average Bonchev–Trinajstić information content (AvgIpc) is 3.25. The number of aromatic nitrogens is 1. The zero-order valence-electron chi connectivity index (χ0n) is 27.8. The lowest BCUT2D eigenvalue weighted by Crippen LogP contribution is -2.10. The second-order valence-electron chi connectivity index (χ2n) is 12.5. The van der Waals surface area contributed by atoms with Gasteiger partial charge in [-0.15, -0.1) is 0 Å². The maximum Gasteiger partial charge on any atom is 0.161 e. The molecule has 0 unspecified atom stereocenters. The molecule has 1 aliphatic carbocycles. The first-order chi connectivity index (χ1) is 24.8. The molecule has 0 bridgehead atoms. The second kappa shape index (κ2) is 14.0. The third-order valence-corrected chi connectivity index (χ3v) is 9.26. The molecule has 1 aliphatic heterocycles. The zero-order chi connectivity index (χ0) is 33.7. The molecular formula is C48H36N2. The van der Waals surface area contributed by atoms with Crippen LogP contribution in [0.1, 0.15) is 29.5 Å². The number of hydrogen-bond donors (Lipinski definition) is 0. The summed E-state index contributed by atoms with van der Waals surface area (Å²) in [6, 6.07) is 52.8.